The summed E-state index contributed by atoms with van der Waals surface area (Å²) in [5.74, 6) is 0.742. The maximum absolute atomic E-state index is 13.7. The fourth-order valence-corrected chi connectivity index (χ4v) is 6.79. The molecule has 1 aliphatic rings. The van der Waals surface area contributed by atoms with Crippen molar-refractivity contribution in [2.45, 2.75) is 44.6 Å². The molecule has 1 saturated carbocycles. The van der Waals surface area contributed by atoms with Crippen molar-refractivity contribution in [2.75, 3.05) is 0 Å². The summed E-state index contributed by atoms with van der Waals surface area (Å²) in [5, 5.41) is 17.0. The number of hydrogen-bond donors (Lipinski definition) is 0. The molecule has 1 aliphatic carbocycles. The van der Waals surface area contributed by atoms with E-state index in [0.717, 1.165) is 51.1 Å². The number of hydrogen-bond acceptors (Lipinski definition) is 6. The van der Waals surface area contributed by atoms with Gasteiger partial charge in [0.1, 0.15) is 12.4 Å². The molecule has 4 aromatic rings. The topological polar surface area (TPSA) is 99.6 Å². The first kappa shape index (κ1) is 29.1. The average Bonchev–Trinajstić information content (AvgIpc) is 2.93. The Morgan fingerprint density at radius 3 is 2.45 bits per heavy atom. The minimum Gasteiger partial charge on any atom is -0.481 e. The van der Waals surface area contributed by atoms with Crippen LogP contribution in [-0.4, -0.2) is 20.8 Å². The minimum atomic E-state index is -0.497. The van der Waals surface area contributed by atoms with Gasteiger partial charge in [-0.15, -0.1) is 0 Å². The summed E-state index contributed by atoms with van der Waals surface area (Å²) in [4.78, 5) is 30.1. The molecule has 8 nitrogen and oxygen atoms in total. The SMILES string of the molecule is O=c1c2cc(Br)ccc2nc(C2CCCCC2)n1N=Cc1cc(Br)cc([N+](=O)[O-])c1OCc1ccc(Br)cc1Br. The van der Waals surface area contributed by atoms with Crippen molar-refractivity contribution in [3.05, 3.63) is 104 Å². The van der Waals surface area contributed by atoms with Gasteiger partial charge in [-0.2, -0.15) is 9.78 Å². The van der Waals surface area contributed by atoms with Crippen LogP contribution in [0.5, 0.6) is 5.75 Å². The number of nitrogens with zero attached hydrogens (tertiary/aromatic N) is 4. The molecule has 0 bridgehead atoms. The maximum atomic E-state index is 13.7. The number of fused-ring (bicyclic) bond motifs is 1. The fourth-order valence-electron chi connectivity index (χ4n) is 4.80. The van der Waals surface area contributed by atoms with Crippen LogP contribution < -0.4 is 10.3 Å². The molecule has 5 rings (SSSR count). The van der Waals surface area contributed by atoms with Crippen molar-refractivity contribution in [3.8, 4) is 5.75 Å². The molecule has 40 heavy (non-hydrogen) atoms. The van der Waals surface area contributed by atoms with E-state index in [-0.39, 0.29) is 29.5 Å². The number of benzene rings is 3. The van der Waals surface area contributed by atoms with Crippen LogP contribution in [0.1, 0.15) is 55.0 Å². The van der Waals surface area contributed by atoms with Gasteiger partial charge >= 0.3 is 5.69 Å². The fraction of sp³-hybridized carbons (Fsp3) is 0.250. The van der Waals surface area contributed by atoms with E-state index in [1.807, 2.05) is 30.3 Å². The highest BCUT2D eigenvalue weighted by Gasteiger charge is 2.24. The van der Waals surface area contributed by atoms with Gasteiger partial charge in [0.05, 0.1) is 22.0 Å². The molecular weight excluding hydrogens is 776 g/mol. The van der Waals surface area contributed by atoms with Crippen molar-refractivity contribution in [1.29, 1.82) is 0 Å². The van der Waals surface area contributed by atoms with Crippen molar-refractivity contribution >= 4 is 86.5 Å². The van der Waals surface area contributed by atoms with Crippen LogP contribution in [0.3, 0.4) is 0 Å². The lowest BCUT2D eigenvalue weighted by atomic mass is 9.88. The van der Waals surface area contributed by atoms with Gasteiger partial charge in [0.2, 0.25) is 5.75 Å². The smallest absolute Gasteiger partial charge is 0.312 e. The summed E-state index contributed by atoms with van der Waals surface area (Å²) >= 11 is 13.7. The second-order valence-corrected chi connectivity index (χ2v) is 13.1. The monoisotopic (exact) mass is 794 g/mol. The molecule has 0 spiro atoms. The molecule has 0 N–H and O–H groups in total. The average molecular weight is 798 g/mol. The molecule has 0 saturated heterocycles. The summed E-state index contributed by atoms with van der Waals surface area (Å²) in [6.07, 6.45) is 6.55. The van der Waals surface area contributed by atoms with Crippen LogP contribution in [-0.2, 0) is 6.61 Å². The van der Waals surface area contributed by atoms with E-state index in [1.165, 1.54) is 17.0 Å². The number of nitro groups is 1. The van der Waals surface area contributed by atoms with Gasteiger partial charge in [-0.1, -0.05) is 89.0 Å². The number of aromatic nitrogens is 2. The van der Waals surface area contributed by atoms with Crippen LogP contribution in [0.4, 0.5) is 5.69 Å². The van der Waals surface area contributed by atoms with Gasteiger partial charge in [0, 0.05) is 41.0 Å². The molecule has 0 amide bonds. The largest absolute Gasteiger partial charge is 0.481 e. The van der Waals surface area contributed by atoms with Crippen LogP contribution in [0.15, 0.2) is 76.3 Å². The first-order valence-corrected chi connectivity index (χ1v) is 15.7. The van der Waals surface area contributed by atoms with E-state index < -0.39 is 4.92 Å². The van der Waals surface area contributed by atoms with Crippen LogP contribution in [0.2, 0.25) is 0 Å². The zero-order valence-corrected chi connectivity index (χ0v) is 27.3. The Hall–Kier alpha value is -2.41. The lowest BCUT2D eigenvalue weighted by Gasteiger charge is -2.22. The molecule has 1 heterocycles. The second kappa shape index (κ2) is 12.6. The third-order valence-electron chi connectivity index (χ3n) is 6.76. The quantitative estimate of drug-likeness (QED) is 0.106. The van der Waals surface area contributed by atoms with Gasteiger partial charge in [0.15, 0.2) is 0 Å². The van der Waals surface area contributed by atoms with Crippen molar-refractivity contribution in [2.24, 2.45) is 5.10 Å². The van der Waals surface area contributed by atoms with Gasteiger partial charge in [0.25, 0.3) is 5.56 Å². The van der Waals surface area contributed by atoms with Crippen LogP contribution in [0, 0.1) is 10.1 Å². The Balaban J connectivity index is 1.61. The summed E-state index contributed by atoms with van der Waals surface area (Å²) in [6, 6.07) is 14.1. The highest BCUT2D eigenvalue weighted by Crippen LogP contribution is 2.36. The van der Waals surface area contributed by atoms with Crippen molar-refractivity contribution in [1.82, 2.24) is 9.66 Å². The van der Waals surface area contributed by atoms with Crippen LogP contribution >= 0.6 is 63.7 Å². The van der Waals surface area contributed by atoms with Gasteiger partial charge < -0.3 is 4.74 Å². The summed E-state index contributed by atoms with van der Waals surface area (Å²) < 4.78 is 10.3. The molecule has 1 fully saturated rings. The molecular formula is C28H22Br4N4O4. The van der Waals surface area contributed by atoms with Gasteiger partial charge in [-0.3, -0.25) is 14.9 Å². The van der Waals surface area contributed by atoms with Crippen molar-refractivity contribution < 1.29 is 9.66 Å². The normalized spacial score (nSPS) is 14.2. The minimum absolute atomic E-state index is 0.0514. The van der Waals surface area contributed by atoms with E-state index in [9.17, 15) is 14.9 Å². The lowest BCUT2D eigenvalue weighted by molar-refractivity contribution is -0.386. The zero-order chi connectivity index (χ0) is 28.4. The number of rotatable bonds is 7. The maximum Gasteiger partial charge on any atom is 0.312 e. The predicted molar refractivity (Wildman–Crippen MR) is 169 cm³/mol. The lowest BCUT2D eigenvalue weighted by Crippen LogP contribution is -2.25. The Labute approximate surface area is 263 Å². The molecule has 0 unspecified atom stereocenters. The van der Waals surface area contributed by atoms with Gasteiger partial charge in [-0.05, 0) is 49.2 Å². The summed E-state index contributed by atoms with van der Waals surface area (Å²) in [6.45, 7) is 0.0794. The van der Waals surface area contributed by atoms with E-state index >= 15 is 0 Å². The van der Waals surface area contributed by atoms with E-state index in [4.69, 9.17) is 9.72 Å². The zero-order valence-electron chi connectivity index (χ0n) is 20.9. The standard InChI is InChI=1S/C28H22Br4N4O4/c29-19-8-9-24-22(11-19)28(37)35(27(34-24)16-4-2-1-3-5-16)33-14-18-10-21(31)13-25(36(38)39)26(18)40-15-17-6-7-20(30)12-23(17)32/h6-14,16H,1-5,15H2. The number of nitro benzene ring substituents is 1. The highest BCUT2D eigenvalue weighted by atomic mass is 79.9. The number of halogens is 4. The predicted octanol–water partition coefficient (Wildman–Crippen LogP) is 8.86. The molecule has 0 radical (unpaired) electrons. The molecule has 0 atom stereocenters. The second-order valence-electron chi connectivity index (χ2n) is 9.45. The third-order valence-corrected chi connectivity index (χ3v) is 8.95. The molecule has 0 aliphatic heterocycles. The van der Waals surface area contributed by atoms with Crippen LogP contribution in [0.25, 0.3) is 10.9 Å². The Kier molecular flexibility index (Phi) is 9.18. The summed E-state index contributed by atoms with van der Waals surface area (Å²) in [5.41, 5.74) is 1.26. The number of ether oxygens (including phenoxy) is 1. The Morgan fingerprint density at radius 1 is 1.00 bits per heavy atom. The highest BCUT2D eigenvalue weighted by molar-refractivity contribution is 9.11. The summed E-state index contributed by atoms with van der Waals surface area (Å²) in [7, 11) is 0. The molecule has 12 heteroatoms. The molecule has 206 valence electrons. The van der Waals surface area contributed by atoms with Gasteiger partial charge in [-0.25, -0.2) is 4.98 Å². The Morgan fingerprint density at radius 2 is 1.73 bits per heavy atom. The molecule has 1 aromatic heterocycles. The van der Waals surface area contributed by atoms with E-state index in [0.29, 0.717) is 26.8 Å². The Bertz CT molecular complexity index is 1700. The van der Waals surface area contributed by atoms with E-state index in [1.54, 1.807) is 12.1 Å². The van der Waals surface area contributed by atoms with Crippen molar-refractivity contribution in [3.63, 3.8) is 0 Å². The van der Waals surface area contributed by atoms with E-state index in [2.05, 4.69) is 68.8 Å². The first-order chi connectivity index (χ1) is 19.2. The third kappa shape index (κ3) is 6.40. The first-order valence-electron chi connectivity index (χ1n) is 12.5. The molecule has 3 aromatic carbocycles.